The summed E-state index contributed by atoms with van der Waals surface area (Å²) in [4.78, 5) is 23.4. The van der Waals surface area contributed by atoms with Gasteiger partial charge in [0.1, 0.15) is 0 Å². The standard InChI is InChI=1S/C11H15O4PSe/c1-11(2,3)8-6(9(12)14-4)7(16-17-8)10(13)15-5/h1-5H3. The van der Waals surface area contributed by atoms with Gasteiger partial charge in [0.25, 0.3) is 0 Å². The van der Waals surface area contributed by atoms with Gasteiger partial charge in [0.15, 0.2) is 0 Å². The van der Waals surface area contributed by atoms with Gasteiger partial charge in [0, 0.05) is 0 Å². The van der Waals surface area contributed by atoms with E-state index in [1.807, 2.05) is 20.8 Å². The van der Waals surface area contributed by atoms with E-state index in [4.69, 9.17) is 9.47 Å². The van der Waals surface area contributed by atoms with E-state index in [0.29, 0.717) is 10.9 Å². The zero-order chi connectivity index (χ0) is 13.2. The summed E-state index contributed by atoms with van der Waals surface area (Å²) in [6.45, 7) is 6.96. The maximum atomic E-state index is 11.8. The number of hydrogen-bond donors (Lipinski definition) is 0. The van der Waals surface area contributed by atoms with Crippen LogP contribution in [0.2, 0.25) is 0 Å². The Bertz CT molecular complexity index is 445. The van der Waals surface area contributed by atoms with Crippen LogP contribution in [0.25, 0.3) is 0 Å². The first-order valence-electron chi connectivity index (χ1n) is 4.99. The second-order valence-electron chi connectivity index (χ2n) is 4.47. The van der Waals surface area contributed by atoms with Crippen LogP contribution in [0.4, 0.5) is 0 Å². The van der Waals surface area contributed by atoms with Gasteiger partial charge in [-0.05, 0) is 0 Å². The zero-order valence-corrected chi connectivity index (χ0v) is 13.1. The van der Waals surface area contributed by atoms with Crippen molar-refractivity contribution in [3.05, 3.63) is 15.3 Å². The predicted octanol–water partition coefficient (Wildman–Crippen LogP) is 2.19. The molecule has 0 saturated heterocycles. The Balaban J connectivity index is 3.40. The Morgan fingerprint density at radius 2 is 1.65 bits per heavy atom. The van der Waals surface area contributed by atoms with Crippen molar-refractivity contribution >= 4 is 32.8 Å². The molecule has 1 aromatic rings. The third-order valence-electron chi connectivity index (χ3n) is 2.14. The van der Waals surface area contributed by atoms with Gasteiger partial charge in [-0.25, -0.2) is 0 Å². The third-order valence-corrected chi connectivity index (χ3v) is 7.59. The quantitative estimate of drug-likeness (QED) is 0.619. The predicted molar refractivity (Wildman–Crippen MR) is 67.3 cm³/mol. The van der Waals surface area contributed by atoms with Crippen molar-refractivity contribution < 1.29 is 19.1 Å². The van der Waals surface area contributed by atoms with Crippen molar-refractivity contribution in [1.29, 1.82) is 0 Å². The average molecular weight is 321 g/mol. The summed E-state index contributed by atoms with van der Waals surface area (Å²) in [5.74, 6) is -0.879. The molecule has 0 aliphatic carbocycles. The number of rotatable bonds is 2. The van der Waals surface area contributed by atoms with E-state index in [1.165, 1.54) is 14.2 Å². The van der Waals surface area contributed by atoms with Gasteiger partial charge in [0.2, 0.25) is 0 Å². The first-order chi connectivity index (χ1) is 7.82. The van der Waals surface area contributed by atoms with Gasteiger partial charge in [-0.15, -0.1) is 0 Å². The van der Waals surface area contributed by atoms with Crippen molar-refractivity contribution in [3.63, 3.8) is 0 Å². The molecule has 0 aromatic carbocycles. The van der Waals surface area contributed by atoms with Gasteiger partial charge in [0.05, 0.1) is 0 Å². The van der Waals surface area contributed by atoms with Crippen LogP contribution < -0.4 is 0 Å². The van der Waals surface area contributed by atoms with E-state index in [2.05, 4.69) is 0 Å². The van der Waals surface area contributed by atoms with Crippen LogP contribution in [-0.4, -0.2) is 40.2 Å². The van der Waals surface area contributed by atoms with E-state index >= 15 is 0 Å². The molecule has 1 aromatic heterocycles. The van der Waals surface area contributed by atoms with Gasteiger partial charge >= 0.3 is 108 Å². The second kappa shape index (κ2) is 5.34. The molecule has 0 N–H and O–H groups in total. The minimum atomic E-state index is -0.442. The topological polar surface area (TPSA) is 52.6 Å². The molecule has 0 amide bonds. The van der Waals surface area contributed by atoms with Crippen LogP contribution in [0.3, 0.4) is 0 Å². The molecule has 0 aliphatic rings. The number of methoxy groups -OCH3 is 2. The molecule has 0 bridgehead atoms. The molecule has 94 valence electrons. The number of hydrogen-bond acceptors (Lipinski definition) is 4. The summed E-state index contributed by atoms with van der Waals surface area (Å²) in [5, 5.41) is 0.435. The summed E-state index contributed by atoms with van der Waals surface area (Å²) in [7, 11) is 2.65. The van der Waals surface area contributed by atoms with Crippen LogP contribution in [0.5, 0.6) is 0 Å². The monoisotopic (exact) mass is 322 g/mol. The fraction of sp³-hybridized carbons (Fsp3) is 0.545. The number of carbonyl (C=O) groups excluding carboxylic acids is 2. The summed E-state index contributed by atoms with van der Waals surface area (Å²) in [5.41, 5.74) is 0.292. The van der Waals surface area contributed by atoms with Crippen molar-refractivity contribution in [3.8, 4) is 0 Å². The first-order valence-corrected chi connectivity index (χ1v) is 8.96. The molecule has 0 atom stereocenters. The van der Waals surface area contributed by atoms with Crippen LogP contribution in [0.1, 0.15) is 45.7 Å². The summed E-state index contributed by atoms with van der Waals surface area (Å²) in [6.07, 6.45) is 0. The van der Waals surface area contributed by atoms with E-state index in [0.717, 1.165) is 11.3 Å². The van der Waals surface area contributed by atoms with Crippen molar-refractivity contribution in [2.75, 3.05) is 14.2 Å². The average Bonchev–Trinajstić information content (AvgIpc) is 2.70. The van der Waals surface area contributed by atoms with E-state index in [9.17, 15) is 9.59 Å². The van der Waals surface area contributed by atoms with Crippen molar-refractivity contribution in [2.24, 2.45) is 0 Å². The molecule has 0 fully saturated rings. The first kappa shape index (κ1) is 14.4. The van der Waals surface area contributed by atoms with Gasteiger partial charge in [-0.3, -0.25) is 0 Å². The van der Waals surface area contributed by atoms with Crippen LogP contribution >= 0.6 is 6.85 Å². The molecule has 1 rings (SSSR count). The molecule has 0 aliphatic heterocycles. The number of ether oxygens (including phenoxy) is 2. The Kier molecular flexibility index (Phi) is 4.54. The number of esters is 2. The molecule has 0 saturated carbocycles. The molecule has 0 spiro atoms. The molecule has 0 unspecified atom stereocenters. The summed E-state index contributed by atoms with van der Waals surface area (Å²) < 4.78 is 10.5. The van der Waals surface area contributed by atoms with E-state index < -0.39 is 11.9 Å². The Labute approximate surface area is 108 Å². The Hall–Kier alpha value is -0.631. The molecule has 6 heteroatoms. The molecule has 4 nitrogen and oxygen atoms in total. The fourth-order valence-electron chi connectivity index (χ4n) is 1.33. The van der Waals surface area contributed by atoms with E-state index in [1.54, 1.807) is 0 Å². The van der Waals surface area contributed by atoms with Gasteiger partial charge < -0.3 is 0 Å². The summed E-state index contributed by atoms with van der Waals surface area (Å²) >= 11 is 0.0886. The van der Waals surface area contributed by atoms with E-state index in [-0.39, 0.29) is 19.5 Å². The SMILES string of the molecule is COC(=O)c1p[se]c(C(C)(C)C)c1C(=O)OC. The van der Waals surface area contributed by atoms with Crippen LogP contribution in [-0.2, 0) is 14.9 Å². The molecular formula is C11H15O4PSe. The second-order valence-corrected chi connectivity index (χ2v) is 8.44. The fourth-order valence-corrected chi connectivity index (χ4v) is 7.39. The minimum absolute atomic E-state index is 0.0886. The third kappa shape index (κ3) is 2.98. The van der Waals surface area contributed by atoms with Crippen molar-refractivity contribution in [2.45, 2.75) is 26.2 Å². The normalized spacial score (nSPS) is 11.6. The Morgan fingerprint density at radius 1 is 1.12 bits per heavy atom. The molecule has 17 heavy (non-hydrogen) atoms. The Morgan fingerprint density at radius 3 is 2.06 bits per heavy atom. The zero-order valence-electron chi connectivity index (χ0n) is 10.5. The van der Waals surface area contributed by atoms with Gasteiger partial charge in [-0.1, -0.05) is 0 Å². The van der Waals surface area contributed by atoms with Gasteiger partial charge in [-0.2, -0.15) is 0 Å². The molecule has 0 radical (unpaired) electrons. The molecular weight excluding hydrogens is 306 g/mol. The number of carbonyl (C=O) groups is 2. The maximum absolute atomic E-state index is 11.8. The molecule has 1 heterocycles. The van der Waals surface area contributed by atoms with Crippen LogP contribution in [0.15, 0.2) is 0 Å². The summed E-state index contributed by atoms with van der Waals surface area (Å²) in [6, 6.07) is 0. The van der Waals surface area contributed by atoms with Crippen molar-refractivity contribution in [1.82, 2.24) is 0 Å². The van der Waals surface area contributed by atoms with Crippen LogP contribution in [0, 0.1) is 0 Å².